The second kappa shape index (κ2) is 5.46. The Morgan fingerprint density at radius 3 is 1.74 bits per heavy atom. The maximum atomic E-state index is 13.5. The van der Waals surface area contributed by atoms with Gasteiger partial charge in [-0.25, -0.2) is 0 Å². The molecule has 2 saturated heterocycles. The van der Waals surface area contributed by atoms with Gasteiger partial charge >= 0.3 is 19.5 Å². The monoisotopic (exact) mass is 364 g/mol. The molecule has 2 rings (SSSR count). The minimum atomic E-state index is -5.42. The fourth-order valence-corrected chi connectivity index (χ4v) is 4.39. The van der Waals surface area contributed by atoms with Crippen LogP contribution in [0.25, 0.3) is 0 Å². The lowest BCUT2D eigenvalue weighted by atomic mass is 9.55. The third-order valence-electron chi connectivity index (χ3n) is 5.15. The summed E-state index contributed by atoms with van der Waals surface area (Å²) in [7, 11) is -1.54. The van der Waals surface area contributed by atoms with E-state index in [1.165, 1.54) is 0 Å². The molecule has 134 valence electrons. The van der Waals surface area contributed by atoms with Crippen molar-refractivity contribution in [2.75, 3.05) is 11.5 Å². The Morgan fingerprint density at radius 2 is 1.35 bits per heavy atom. The third kappa shape index (κ3) is 2.88. The molecule has 0 aromatic rings. The van der Waals surface area contributed by atoms with Crippen LogP contribution in [-0.4, -0.2) is 42.2 Å². The van der Waals surface area contributed by atoms with Crippen LogP contribution in [0.1, 0.15) is 34.1 Å². The maximum Gasteiger partial charge on any atom is 0.462 e. The van der Waals surface area contributed by atoms with Crippen LogP contribution >= 0.6 is 11.8 Å². The summed E-state index contributed by atoms with van der Waals surface area (Å²) in [6.07, 6.45) is -11.1. The third-order valence-corrected chi connectivity index (χ3v) is 6.33. The van der Waals surface area contributed by atoms with Crippen molar-refractivity contribution in [3.05, 3.63) is 0 Å². The van der Waals surface area contributed by atoms with Crippen molar-refractivity contribution in [3.8, 4) is 0 Å². The van der Waals surface area contributed by atoms with E-state index in [1.807, 2.05) is 0 Å². The van der Waals surface area contributed by atoms with Crippen molar-refractivity contribution < 1.29 is 35.7 Å². The molecule has 2 heterocycles. The molecule has 2 aliphatic rings. The Morgan fingerprint density at radius 1 is 0.913 bits per heavy atom. The summed E-state index contributed by atoms with van der Waals surface area (Å²) < 4.78 is 92.3. The average Bonchev–Trinajstić information content (AvgIpc) is 2.55. The first-order valence-corrected chi connectivity index (χ1v) is 8.38. The van der Waals surface area contributed by atoms with Crippen LogP contribution in [0.2, 0.25) is 5.82 Å². The molecule has 0 aromatic carbocycles. The first-order chi connectivity index (χ1) is 10.2. The molecule has 0 bridgehead atoms. The molecule has 23 heavy (non-hydrogen) atoms. The van der Waals surface area contributed by atoms with Gasteiger partial charge in [-0.15, -0.1) is 0 Å². The molecule has 10 heteroatoms. The molecule has 0 aliphatic carbocycles. The fraction of sp³-hybridized carbons (Fsp3) is 1.00. The minimum Gasteiger partial charge on any atom is -0.403 e. The van der Waals surface area contributed by atoms with Crippen LogP contribution < -0.4 is 0 Å². The lowest BCUT2D eigenvalue weighted by Gasteiger charge is -2.46. The van der Waals surface area contributed by atoms with Crippen LogP contribution in [0.15, 0.2) is 0 Å². The summed E-state index contributed by atoms with van der Waals surface area (Å²) in [5.74, 6) is -2.66. The molecule has 0 N–H and O–H groups in total. The van der Waals surface area contributed by atoms with E-state index in [1.54, 1.807) is 27.7 Å². The summed E-state index contributed by atoms with van der Waals surface area (Å²) in [4.78, 5) is 0. The second-order valence-corrected chi connectivity index (χ2v) is 8.14. The first-order valence-electron chi connectivity index (χ1n) is 7.22. The van der Waals surface area contributed by atoms with Crippen LogP contribution in [0.5, 0.6) is 0 Å². The summed E-state index contributed by atoms with van der Waals surface area (Å²) in [6, 6.07) is 0. The molecule has 0 saturated carbocycles. The maximum absolute atomic E-state index is 13.5. The highest BCUT2D eigenvalue weighted by atomic mass is 32.2. The fourth-order valence-electron chi connectivity index (χ4n) is 2.96. The smallest absolute Gasteiger partial charge is 0.403 e. The van der Waals surface area contributed by atoms with Crippen molar-refractivity contribution in [2.45, 2.75) is 63.5 Å². The Balaban J connectivity index is 2.47. The highest BCUT2D eigenvalue weighted by Gasteiger charge is 2.77. The molecule has 1 unspecified atom stereocenters. The van der Waals surface area contributed by atoms with Gasteiger partial charge in [0.05, 0.1) is 11.2 Å². The number of thioether (sulfide) groups is 1. The molecule has 0 spiro atoms. The van der Waals surface area contributed by atoms with Gasteiger partial charge in [-0.05, 0) is 39.9 Å². The Hall–Kier alpha value is -0.0851. The molecule has 1 atom stereocenters. The van der Waals surface area contributed by atoms with Gasteiger partial charge in [-0.1, -0.05) is 0 Å². The Kier molecular flexibility index (Phi) is 4.57. The van der Waals surface area contributed by atoms with Crippen LogP contribution in [-0.2, 0) is 9.31 Å². The van der Waals surface area contributed by atoms with Gasteiger partial charge in [0, 0.05) is 11.6 Å². The van der Waals surface area contributed by atoms with Crippen LogP contribution in [0.4, 0.5) is 26.3 Å². The number of rotatable bonds is 1. The molecule has 0 radical (unpaired) electrons. The van der Waals surface area contributed by atoms with E-state index >= 15 is 0 Å². The van der Waals surface area contributed by atoms with Gasteiger partial charge in [-0.3, -0.25) is 0 Å². The summed E-state index contributed by atoms with van der Waals surface area (Å²) in [5.41, 5.74) is -5.78. The quantitative estimate of drug-likeness (QED) is 0.497. The Bertz CT molecular complexity index is 432. The lowest BCUT2D eigenvalue weighted by molar-refractivity contribution is -0.336. The van der Waals surface area contributed by atoms with Gasteiger partial charge < -0.3 is 9.31 Å². The van der Waals surface area contributed by atoms with Crippen molar-refractivity contribution in [1.29, 1.82) is 0 Å². The van der Waals surface area contributed by atoms with Crippen molar-refractivity contribution >= 4 is 18.9 Å². The van der Waals surface area contributed by atoms with Gasteiger partial charge in [0.1, 0.15) is 0 Å². The van der Waals surface area contributed by atoms with E-state index in [2.05, 4.69) is 0 Å². The van der Waals surface area contributed by atoms with E-state index in [9.17, 15) is 26.3 Å². The van der Waals surface area contributed by atoms with E-state index in [0.29, 0.717) is 11.8 Å². The highest BCUT2D eigenvalue weighted by Crippen LogP contribution is 2.64. The molecular weight excluding hydrogens is 345 g/mol. The molecule has 0 aromatic heterocycles. The Labute approximate surface area is 135 Å². The van der Waals surface area contributed by atoms with Crippen LogP contribution in [0, 0.1) is 5.41 Å². The van der Waals surface area contributed by atoms with Gasteiger partial charge in [0.25, 0.3) is 0 Å². The zero-order valence-corrected chi connectivity index (χ0v) is 14.1. The number of halogens is 6. The first kappa shape index (κ1) is 19.2. The number of hydrogen-bond acceptors (Lipinski definition) is 3. The standard InChI is InChI=1S/C13H19BF6O2S/c1-9(2)10(3,4)22-14(21-9)8-5-6-23-7-11(8,12(15,16)17)13(18,19)20/h8H,5-7H2,1-4H3. The average molecular weight is 364 g/mol. The van der Waals surface area contributed by atoms with E-state index < -0.39 is 47.7 Å². The summed E-state index contributed by atoms with van der Waals surface area (Å²) in [6.45, 7) is 6.42. The minimum absolute atomic E-state index is 0.211. The zero-order chi connectivity index (χ0) is 17.9. The van der Waals surface area contributed by atoms with E-state index in [4.69, 9.17) is 9.31 Å². The van der Waals surface area contributed by atoms with Crippen molar-refractivity contribution in [1.82, 2.24) is 0 Å². The summed E-state index contributed by atoms with van der Waals surface area (Å²) >= 11 is 0.667. The lowest BCUT2D eigenvalue weighted by Crippen LogP contribution is -2.59. The van der Waals surface area contributed by atoms with Gasteiger partial charge in [0.15, 0.2) is 5.41 Å². The predicted molar refractivity (Wildman–Crippen MR) is 76.3 cm³/mol. The summed E-state index contributed by atoms with van der Waals surface area (Å²) in [5, 5.41) is 0. The largest absolute Gasteiger partial charge is 0.462 e. The predicted octanol–water partition coefficient (Wildman–Crippen LogP) is 4.70. The molecule has 2 nitrogen and oxygen atoms in total. The zero-order valence-electron chi connectivity index (χ0n) is 13.3. The molecule has 2 fully saturated rings. The van der Waals surface area contributed by atoms with E-state index in [-0.39, 0.29) is 12.2 Å². The second-order valence-electron chi connectivity index (χ2n) is 7.04. The highest BCUT2D eigenvalue weighted by molar-refractivity contribution is 7.99. The normalized spacial score (nSPS) is 30.5. The number of alkyl halides is 6. The molecule has 2 aliphatic heterocycles. The van der Waals surface area contributed by atoms with Crippen molar-refractivity contribution in [3.63, 3.8) is 0 Å². The topological polar surface area (TPSA) is 18.5 Å². The van der Waals surface area contributed by atoms with Gasteiger partial charge in [0.2, 0.25) is 0 Å². The molecule has 0 amide bonds. The van der Waals surface area contributed by atoms with Crippen LogP contribution in [0.3, 0.4) is 0 Å². The van der Waals surface area contributed by atoms with Gasteiger partial charge in [-0.2, -0.15) is 38.1 Å². The SMILES string of the molecule is CC1(C)OB(C2CCSCC2(C(F)(F)F)C(F)(F)F)OC1(C)C. The van der Waals surface area contributed by atoms with E-state index in [0.717, 1.165) is 0 Å². The molecular formula is C13H19BF6O2S. The van der Waals surface area contributed by atoms with Crippen molar-refractivity contribution in [2.24, 2.45) is 5.41 Å². The number of hydrogen-bond donors (Lipinski definition) is 0.